The Hall–Kier alpha value is -4.66. The topological polar surface area (TPSA) is 114 Å². The van der Waals surface area contributed by atoms with Crippen molar-refractivity contribution in [3.8, 4) is 45.6 Å². The van der Waals surface area contributed by atoms with E-state index in [0.29, 0.717) is 39.7 Å². The number of fused-ring (bicyclic) bond motifs is 3. The first-order valence-electron chi connectivity index (χ1n) is 11.4. The van der Waals surface area contributed by atoms with Crippen LogP contribution in [0, 0.1) is 0 Å². The van der Waals surface area contributed by atoms with Crippen LogP contribution in [0.4, 0.5) is 0 Å². The molecule has 0 bridgehead atoms. The number of carbonyl (C=O) groups is 1. The van der Waals surface area contributed by atoms with Crippen LogP contribution in [-0.4, -0.2) is 39.5 Å². The molecule has 1 aromatic heterocycles. The van der Waals surface area contributed by atoms with Crippen molar-refractivity contribution < 1.29 is 38.0 Å². The van der Waals surface area contributed by atoms with Crippen LogP contribution in [0.25, 0.3) is 22.1 Å². The van der Waals surface area contributed by atoms with Crippen LogP contribution in [0.5, 0.6) is 34.5 Å². The maximum atomic E-state index is 13.7. The van der Waals surface area contributed by atoms with E-state index in [1.165, 1.54) is 40.8 Å². The summed E-state index contributed by atoms with van der Waals surface area (Å²) in [5, 5.41) is 10.8. The minimum atomic E-state index is -0.584. The molecule has 0 spiro atoms. The maximum absolute atomic E-state index is 13.7. The number of benzene rings is 3. The molecule has 0 saturated carbocycles. The van der Waals surface area contributed by atoms with E-state index in [0.717, 1.165) is 0 Å². The van der Waals surface area contributed by atoms with Gasteiger partial charge in [-0.25, -0.2) is 0 Å². The van der Waals surface area contributed by atoms with Gasteiger partial charge in [0, 0.05) is 23.1 Å². The largest absolute Gasteiger partial charge is 0.507 e. The monoisotopic (exact) mass is 504 g/mol. The molecule has 0 radical (unpaired) electrons. The van der Waals surface area contributed by atoms with Gasteiger partial charge in [-0.2, -0.15) is 0 Å². The molecule has 3 aromatic carbocycles. The van der Waals surface area contributed by atoms with Crippen LogP contribution in [0.3, 0.4) is 0 Å². The van der Waals surface area contributed by atoms with E-state index in [2.05, 4.69) is 0 Å². The fourth-order valence-electron chi connectivity index (χ4n) is 4.79. The van der Waals surface area contributed by atoms with Crippen LogP contribution in [0.2, 0.25) is 0 Å². The molecule has 0 amide bonds. The molecule has 1 atom stereocenters. The van der Waals surface area contributed by atoms with Gasteiger partial charge >= 0.3 is 5.97 Å². The number of carbonyl (C=O) groups excluding carboxylic acids is 1. The van der Waals surface area contributed by atoms with E-state index < -0.39 is 17.3 Å². The third kappa shape index (κ3) is 3.88. The maximum Gasteiger partial charge on any atom is 0.312 e. The van der Waals surface area contributed by atoms with Gasteiger partial charge in [0.05, 0.1) is 40.4 Å². The Morgan fingerprint density at radius 1 is 0.892 bits per heavy atom. The predicted octanol–water partition coefficient (Wildman–Crippen LogP) is 4.64. The Morgan fingerprint density at radius 3 is 2.35 bits per heavy atom. The molecule has 0 aliphatic carbocycles. The second-order valence-corrected chi connectivity index (χ2v) is 8.37. The van der Waals surface area contributed by atoms with Crippen LogP contribution in [0.1, 0.15) is 23.5 Å². The smallest absolute Gasteiger partial charge is 0.312 e. The van der Waals surface area contributed by atoms with Crippen LogP contribution >= 0.6 is 0 Å². The highest BCUT2D eigenvalue weighted by Gasteiger charge is 2.35. The van der Waals surface area contributed by atoms with Gasteiger partial charge in [0.1, 0.15) is 28.7 Å². The van der Waals surface area contributed by atoms with E-state index in [-0.39, 0.29) is 34.5 Å². The van der Waals surface area contributed by atoms with Crippen molar-refractivity contribution >= 4 is 16.9 Å². The molecule has 1 aliphatic heterocycles. The molecule has 5 rings (SSSR count). The van der Waals surface area contributed by atoms with E-state index in [1.54, 1.807) is 30.3 Å². The highest BCUT2D eigenvalue weighted by Crippen LogP contribution is 2.49. The summed E-state index contributed by atoms with van der Waals surface area (Å²) in [5.74, 6) is 0.539. The first-order chi connectivity index (χ1) is 17.9. The van der Waals surface area contributed by atoms with Crippen molar-refractivity contribution in [3.63, 3.8) is 0 Å². The van der Waals surface area contributed by atoms with E-state index in [4.69, 9.17) is 28.1 Å². The lowest BCUT2D eigenvalue weighted by molar-refractivity contribution is -0.135. The number of hydrogen-bond donors (Lipinski definition) is 1. The molecule has 9 heteroatoms. The summed E-state index contributed by atoms with van der Waals surface area (Å²) in [7, 11) is 6.04. The Labute approximate surface area is 211 Å². The highest BCUT2D eigenvalue weighted by atomic mass is 16.5. The second-order valence-electron chi connectivity index (χ2n) is 8.37. The van der Waals surface area contributed by atoms with Crippen LogP contribution in [0.15, 0.2) is 57.9 Å². The lowest BCUT2D eigenvalue weighted by Crippen LogP contribution is -2.22. The zero-order chi connectivity index (χ0) is 26.3. The molecule has 9 nitrogen and oxygen atoms in total. The SMILES string of the molecule is COc1ccc(-c2coc3c4c(cc(O)c3c2=O)OC(=O)C[C@H]4c2cccc(OC)c2OC)cc1OC. The average molecular weight is 504 g/mol. The average Bonchev–Trinajstić information content (AvgIpc) is 2.91. The summed E-state index contributed by atoms with van der Waals surface area (Å²) >= 11 is 0. The summed E-state index contributed by atoms with van der Waals surface area (Å²) in [6.07, 6.45) is 1.29. The van der Waals surface area contributed by atoms with Gasteiger partial charge < -0.3 is 33.2 Å². The van der Waals surface area contributed by atoms with Gasteiger partial charge in [-0.05, 0) is 23.8 Å². The third-order valence-corrected chi connectivity index (χ3v) is 6.47. The lowest BCUT2D eigenvalue weighted by Gasteiger charge is -2.27. The number of esters is 1. The first-order valence-corrected chi connectivity index (χ1v) is 11.4. The summed E-state index contributed by atoms with van der Waals surface area (Å²) in [5.41, 5.74) is 1.50. The van der Waals surface area contributed by atoms with Crippen LogP contribution < -0.4 is 29.1 Å². The Kier molecular flexibility index (Phi) is 6.12. The van der Waals surface area contributed by atoms with Crippen LogP contribution in [-0.2, 0) is 4.79 Å². The summed E-state index contributed by atoms with van der Waals surface area (Å²) in [6.45, 7) is 0. The lowest BCUT2D eigenvalue weighted by atomic mass is 9.84. The van der Waals surface area contributed by atoms with Crippen molar-refractivity contribution in [1.82, 2.24) is 0 Å². The van der Waals surface area contributed by atoms with Gasteiger partial charge in [-0.1, -0.05) is 18.2 Å². The van der Waals surface area contributed by atoms with Gasteiger partial charge in [-0.3, -0.25) is 9.59 Å². The number of hydrogen-bond acceptors (Lipinski definition) is 9. The molecule has 190 valence electrons. The Morgan fingerprint density at radius 2 is 1.65 bits per heavy atom. The zero-order valence-electron chi connectivity index (χ0n) is 20.6. The molecule has 0 unspecified atom stereocenters. The Bertz CT molecular complexity index is 1590. The van der Waals surface area contributed by atoms with E-state index in [1.807, 2.05) is 6.07 Å². The van der Waals surface area contributed by atoms with Crippen molar-refractivity contribution in [3.05, 3.63) is 70.1 Å². The molecule has 2 heterocycles. The molecule has 4 aromatic rings. The number of aromatic hydroxyl groups is 1. The zero-order valence-corrected chi connectivity index (χ0v) is 20.6. The number of phenols is 1. The van der Waals surface area contributed by atoms with Crippen molar-refractivity contribution in [2.45, 2.75) is 12.3 Å². The molecule has 0 fully saturated rings. The molecule has 1 aliphatic rings. The molecule has 37 heavy (non-hydrogen) atoms. The fourth-order valence-corrected chi connectivity index (χ4v) is 4.79. The van der Waals surface area contributed by atoms with E-state index in [9.17, 15) is 14.7 Å². The van der Waals surface area contributed by atoms with Crippen molar-refractivity contribution in [2.75, 3.05) is 28.4 Å². The molecular formula is C28H24O9. The molecule has 1 N–H and O–H groups in total. The fraction of sp³-hybridized carbons (Fsp3) is 0.214. The normalized spacial score (nSPS) is 14.6. The summed E-state index contributed by atoms with van der Waals surface area (Å²) in [6, 6.07) is 11.6. The number of methoxy groups -OCH3 is 4. The standard InChI is InChI=1S/C28H24O9/c1-32-19-9-8-14(10-21(19)34-3)17-13-36-28-24-16(15-6-5-7-20(33-2)27(15)35-4)11-23(30)37-22(24)12-18(29)25(28)26(17)31/h5-10,12-13,16,29H,11H2,1-4H3/t16-/m0/s1. The van der Waals surface area contributed by atoms with E-state index >= 15 is 0 Å². The third-order valence-electron chi connectivity index (χ3n) is 6.47. The molecular weight excluding hydrogens is 480 g/mol. The Balaban J connectivity index is 1.76. The summed E-state index contributed by atoms with van der Waals surface area (Å²) < 4.78 is 33.1. The second kappa shape index (κ2) is 9.42. The minimum Gasteiger partial charge on any atom is -0.507 e. The molecule has 0 saturated heterocycles. The van der Waals surface area contributed by atoms with Crippen molar-refractivity contribution in [1.29, 1.82) is 0 Å². The summed E-state index contributed by atoms with van der Waals surface area (Å²) in [4.78, 5) is 26.2. The van der Waals surface area contributed by atoms with Gasteiger partial charge in [-0.15, -0.1) is 0 Å². The minimum absolute atomic E-state index is 0.0302. The predicted molar refractivity (Wildman–Crippen MR) is 134 cm³/mol. The number of para-hydroxylation sites is 1. The number of ether oxygens (including phenoxy) is 5. The number of rotatable bonds is 6. The van der Waals surface area contributed by atoms with Crippen molar-refractivity contribution in [2.24, 2.45) is 0 Å². The number of phenolic OH excluding ortho intramolecular Hbond substituents is 1. The first kappa shape index (κ1) is 24.1. The van der Waals surface area contributed by atoms with Gasteiger partial charge in [0.2, 0.25) is 5.43 Å². The van der Waals surface area contributed by atoms with Gasteiger partial charge in [0.25, 0.3) is 0 Å². The van der Waals surface area contributed by atoms with Gasteiger partial charge in [0.15, 0.2) is 23.0 Å². The highest BCUT2D eigenvalue weighted by molar-refractivity contribution is 5.94. The quantitative estimate of drug-likeness (QED) is 0.296.